The number of benzene rings is 1. The number of hydrogen-bond donors (Lipinski definition) is 3. The molecule has 7 heteroatoms. The fourth-order valence-corrected chi connectivity index (χ4v) is 2.27. The minimum absolute atomic E-state index is 0.118. The molecular formula is C11H12BrNO5. The highest BCUT2D eigenvalue weighted by molar-refractivity contribution is 9.10. The average Bonchev–Trinajstić information content (AvgIpc) is 2.33. The Morgan fingerprint density at radius 1 is 1.50 bits per heavy atom. The van der Waals surface area contributed by atoms with Crippen LogP contribution in [0.3, 0.4) is 0 Å². The van der Waals surface area contributed by atoms with Crippen molar-refractivity contribution < 1.29 is 24.5 Å². The number of phenols is 1. The molecule has 1 aliphatic heterocycles. The van der Waals surface area contributed by atoms with E-state index in [1.807, 2.05) is 0 Å². The predicted octanol–water partition coefficient (Wildman–Crippen LogP) is 1.40. The molecule has 0 saturated heterocycles. The molecule has 0 aliphatic carbocycles. The highest BCUT2D eigenvalue weighted by Crippen LogP contribution is 2.46. The number of nitrogens with two attached hydrogens (primary N) is 1. The zero-order chi connectivity index (χ0) is 13.3. The van der Waals surface area contributed by atoms with Gasteiger partial charge in [0.15, 0.2) is 11.5 Å². The number of halogens is 1. The summed E-state index contributed by atoms with van der Waals surface area (Å²) in [4.78, 5) is 10.6. The predicted molar refractivity (Wildman–Crippen MR) is 66.0 cm³/mol. The Kier molecular flexibility index (Phi) is 3.63. The molecule has 0 spiro atoms. The van der Waals surface area contributed by atoms with Crippen molar-refractivity contribution in [1.82, 2.24) is 0 Å². The average molecular weight is 318 g/mol. The van der Waals surface area contributed by atoms with Gasteiger partial charge in [-0.25, -0.2) is 0 Å². The maximum Gasteiger partial charge on any atom is 0.305 e. The molecule has 0 saturated carbocycles. The van der Waals surface area contributed by atoms with Gasteiger partial charge in [-0.3, -0.25) is 4.79 Å². The Hall–Kier alpha value is -1.47. The van der Waals surface area contributed by atoms with Gasteiger partial charge < -0.3 is 25.4 Å². The lowest BCUT2D eigenvalue weighted by Crippen LogP contribution is -2.19. The lowest BCUT2D eigenvalue weighted by Gasteiger charge is -2.23. The Morgan fingerprint density at radius 3 is 2.83 bits per heavy atom. The van der Waals surface area contributed by atoms with E-state index in [1.54, 1.807) is 0 Å². The number of aromatic hydroxyl groups is 1. The van der Waals surface area contributed by atoms with Gasteiger partial charge in [-0.05, 0) is 22.0 Å². The van der Waals surface area contributed by atoms with Gasteiger partial charge >= 0.3 is 5.97 Å². The Balaban J connectivity index is 2.42. The Bertz CT molecular complexity index is 491. The molecule has 0 aromatic heterocycles. The summed E-state index contributed by atoms with van der Waals surface area (Å²) in [6.45, 7) is 0.795. The van der Waals surface area contributed by atoms with Crippen LogP contribution in [0.1, 0.15) is 18.0 Å². The number of carboxylic acids is 1. The monoisotopic (exact) mass is 317 g/mol. The number of hydrogen-bond acceptors (Lipinski definition) is 5. The molecule has 1 atom stereocenters. The quantitative estimate of drug-likeness (QED) is 0.778. The smallest absolute Gasteiger partial charge is 0.305 e. The van der Waals surface area contributed by atoms with Crippen LogP contribution in [0.2, 0.25) is 0 Å². The van der Waals surface area contributed by atoms with Gasteiger partial charge in [0.25, 0.3) is 0 Å². The van der Waals surface area contributed by atoms with Crippen molar-refractivity contribution in [1.29, 1.82) is 0 Å². The number of carboxylic acid groups (broad SMARTS) is 1. The SMILES string of the molecule is NC(CC(=O)O)c1cc2c(c(Br)c1O)OCCO2. The molecule has 6 nitrogen and oxygen atoms in total. The summed E-state index contributed by atoms with van der Waals surface area (Å²) < 4.78 is 11.1. The van der Waals surface area contributed by atoms with Gasteiger partial charge in [0, 0.05) is 11.6 Å². The first-order chi connectivity index (χ1) is 8.50. The zero-order valence-corrected chi connectivity index (χ0v) is 10.9. The molecular weight excluding hydrogens is 306 g/mol. The number of ether oxygens (including phenoxy) is 2. The van der Waals surface area contributed by atoms with Crippen LogP contribution in [0.4, 0.5) is 0 Å². The van der Waals surface area contributed by atoms with E-state index in [4.69, 9.17) is 20.3 Å². The number of aliphatic carboxylic acids is 1. The second kappa shape index (κ2) is 5.03. The minimum atomic E-state index is -1.03. The molecule has 18 heavy (non-hydrogen) atoms. The zero-order valence-electron chi connectivity index (χ0n) is 9.35. The van der Waals surface area contributed by atoms with E-state index >= 15 is 0 Å². The largest absolute Gasteiger partial charge is 0.506 e. The van der Waals surface area contributed by atoms with Crippen LogP contribution in [0.5, 0.6) is 17.2 Å². The maximum absolute atomic E-state index is 10.6. The second-order valence-electron chi connectivity index (χ2n) is 3.86. The summed E-state index contributed by atoms with van der Waals surface area (Å²) >= 11 is 3.19. The summed E-state index contributed by atoms with van der Waals surface area (Å²) in [6, 6.07) is 0.706. The normalized spacial score (nSPS) is 15.2. The molecule has 0 amide bonds. The van der Waals surface area contributed by atoms with Gasteiger partial charge in [0.1, 0.15) is 23.4 Å². The van der Waals surface area contributed by atoms with Gasteiger partial charge in [-0.15, -0.1) is 0 Å². The van der Waals surface area contributed by atoms with Crippen molar-refractivity contribution in [2.24, 2.45) is 5.73 Å². The third-order valence-corrected chi connectivity index (χ3v) is 3.31. The van der Waals surface area contributed by atoms with Crippen molar-refractivity contribution in [3.8, 4) is 17.2 Å². The molecule has 0 fully saturated rings. The molecule has 98 valence electrons. The van der Waals surface area contributed by atoms with Crippen molar-refractivity contribution >= 4 is 21.9 Å². The molecule has 1 aromatic carbocycles. The fourth-order valence-electron chi connectivity index (χ4n) is 1.74. The first kappa shape index (κ1) is 13.0. The molecule has 1 aliphatic rings. The summed E-state index contributed by atoms with van der Waals surface area (Å²) in [5.74, 6) is -0.298. The summed E-state index contributed by atoms with van der Waals surface area (Å²) in [6.07, 6.45) is -0.278. The number of fused-ring (bicyclic) bond motifs is 1. The summed E-state index contributed by atoms with van der Waals surface area (Å²) in [7, 11) is 0. The first-order valence-corrected chi connectivity index (χ1v) is 6.08. The summed E-state index contributed by atoms with van der Waals surface area (Å²) in [5.41, 5.74) is 6.05. The van der Waals surface area contributed by atoms with Crippen LogP contribution in [0.15, 0.2) is 10.5 Å². The third-order valence-electron chi connectivity index (χ3n) is 2.57. The van der Waals surface area contributed by atoms with E-state index in [-0.39, 0.29) is 12.2 Å². The van der Waals surface area contributed by atoms with E-state index in [9.17, 15) is 9.90 Å². The lowest BCUT2D eigenvalue weighted by atomic mass is 10.0. The van der Waals surface area contributed by atoms with Crippen molar-refractivity contribution in [3.63, 3.8) is 0 Å². The Morgan fingerprint density at radius 2 is 2.17 bits per heavy atom. The molecule has 1 unspecified atom stereocenters. The van der Waals surface area contributed by atoms with E-state index in [2.05, 4.69) is 15.9 Å². The molecule has 4 N–H and O–H groups in total. The third kappa shape index (κ3) is 2.37. The molecule has 0 radical (unpaired) electrons. The van der Waals surface area contributed by atoms with Crippen molar-refractivity contribution in [2.45, 2.75) is 12.5 Å². The lowest BCUT2D eigenvalue weighted by molar-refractivity contribution is -0.137. The molecule has 1 aromatic rings. The molecule has 2 rings (SSSR count). The first-order valence-electron chi connectivity index (χ1n) is 5.29. The van der Waals surface area contributed by atoms with Gasteiger partial charge in [0.05, 0.1) is 6.42 Å². The van der Waals surface area contributed by atoms with E-state index in [0.717, 1.165) is 0 Å². The van der Waals surface area contributed by atoms with Crippen LogP contribution in [-0.4, -0.2) is 29.4 Å². The van der Waals surface area contributed by atoms with Gasteiger partial charge in [0.2, 0.25) is 0 Å². The van der Waals surface area contributed by atoms with Crippen LogP contribution >= 0.6 is 15.9 Å². The number of rotatable bonds is 3. The van der Waals surface area contributed by atoms with Crippen LogP contribution < -0.4 is 15.2 Å². The number of carbonyl (C=O) groups is 1. The highest BCUT2D eigenvalue weighted by atomic mass is 79.9. The van der Waals surface area contributed by atoms with Crippen molar-refractivity contribution in [3.05, 3.63) is 16.1 Å². The van der Waals surface area contributed by atoms with Crippen LogP contribution in [0, 0.1) is 0 Å². The standard InChI is InChI=1S/C11H12BrNO5/c12-9-10(16)5(6(13)4-8(14)15)3-7-11(9)18-2-1-17-7/h3,6,16H,1-2,4,13H2,(H,14,15). The maximum atomic E-state index is 10.6. The van der Waals surface area contributed by atoms with Crippen LogP contribution in [0.25, 0.3) is 0 Å². The fraction of sp³-hybridized carbons (Fsp3) is 0.364. The second-order valence-corrected chi connectivity index (χ2v) is 4.65. The minimum Gasteiger partial charge on any atom is -0.506 e. The van der Waals surface area contributed by atoms with Crippen molar-refractivity contribution in [2.75, 3.05) is 13.2 Å². The Labute approximate surface area is 111 Å². The van der Waals surface area contributed by atoms with Gasteiger partial charge in [-0.2, -0.15) is 0 Å². The summed E-state index contributed by atoms with van der Waals surface area (Å²) in [5, 5.41) is 18.7. The van der Waals surface area contributed by atoms with E-state index < -0.39 is 12.0 Å². The number of phenolic OH excluding ortho intramolecular Hbond substituents is 1. The highest BCUT2D eigenvalue weighted by Gasteiger charge is 2.24. The van der Waals surface area contributed by atoms with E-state index in [0.29, 0.717) is 34.7 Å². The van der Waals surface area contributed by atoms with Gasteiger partial charge in [-0.1, -0.05) is 0 Å². The molecule has 0 bridgehead atoms. The van der Waals surface area contributed by atoms with Crippen LogP contribution in [-0.2, 0) is 4.79 Å². The topological polar surface area (TPSA) is 102 Å². The molecule has 1 heterocycles. The van der Waals surface area contributed by atoms with E-state index in [1.165, 1.54) is 6.07 Å².